The molecule has 0 aliphatic rings. The molecule has 0 aliphatic heterocycles. The van der Waals surface area contributed by atoms with Gasteiger partial charge in [-0.1, -0.05) is 42.5 Å². The molecule has 55 heavy (non-hydrogen) atoms. The Bertz CT molecular complexity index is 2240. The zero-order chi connectivity index (χ0) is 39.5. The number of rotatable bonds is 14. The molecule has 4 aromatic carbocycles. The normalized spacial score (nSPS) is 11.5. The van der Waals surface area contributed by atoms with Crippen LogP contribution in [0.15, 0.2) is 114 Å². The van der Waals surface area contributed by atoms with E-state index in [4.69, 9.17) is 14.2 Å². The maximum atomic E-state index is 13.7. The molecule has 4 amide bonds. The molecule has 4 N–H and O–H groups in total. The third-order valence-electron chi connectivity index (χ3n) is 8.05. The van der Waals surface area contributed by atoms with Gasteiger partial charge in [0, 0.05) is 33.5 Å². The Morgan fingerprint density at radius 2 is 1.44 bits per heavy atom. The quantitative estimate of drug-likeness (QED) is 0.0505. The minimum Gasteiger partial charge on any atom is -0.497 e. The second-order valence-electron chi connectivity index (χ2n) is 11.8. The van der Waals surface area contributed by atoms with Gasteiger partial charge in [0.25, 0.3) is 17.7 Å². The molecule has 12 nitrogen and oxygen atoms in total. The molecule has 0 spiro atoms. The van der Waals surface area contributed by atoms with Crippen molar-refractivity contribution in [1.29, 1.82) is 0 Å². The standard InChI is InChI=1S/C41H38N4O8S2/c1-24-34(41(50)53-5)40(55-35(24)39(49)42-28-15-10-7-11-16-28)45-36(46)25(2)54-31-18-12-17-29(22-31)43-38(48)32(44-37(47)26-13-8-6-9-14-26)21-27-19-20-30(51-3)23-33(27)52-4/h6-23,25H,1-5H3,(H,42,49)(H,43,48)(H,44,47)(H,45,46)/b32-21+. The van der Waals surface area contributed by atoms with Crippen LogP contribution in [0.4, 0.5) is 16.4 Å². The first kappa shape index (κ1) is 39.8. The molecular weight excluding hydrogens is 741 g/mol. The summed E-state index contributed by atoms with van der Waals surface area (Å²) in [6.45, 7) is 3.31. The van der Waals surface area contributed by atoms with Crippen molar-refractivity contribution in [1.82, 2.24) is 5.32 Å². The van der Waals surface area contributed by atoms with E-state index in [1.54, 1.807) is 111 Å². The molecule has 0 aliphatic carbocycles. The lowest BCUT2D eigenvalue weighted by Gasteiger charge is -2.15. The van der Waals surface area contributed by atoms with Gasteiger partial charge in [0.15, 0.2) is 0 Å². The van der Waals surface area contributed by atoms with E-state index in [-0.39, 0.29) is 21.1 Å². The summed E-state index contributed by atoms with van der Waals surface area (Å²) < 4.78 is 15.8. The molecule has 0 radical (unpaired) electrons. The van der Waals surface area contributed by atoms with Gasteiger partial charge in [-0.05, 0) is 80.1 Å². The molecule has 5 rings (SSSR count). The van der Waals surface area contributed by atoms with Gasteiger partial charge in [-0.2, -0.15) is 0 Å². The molecule has 5 aromatic rings. The first-order chi connectivity index (χ1) is 26.5. The van der Waals surface area contributed by atoms with Crippen LogP contribution in [0, 0.1) is 6.92 Å². The van der Waals surface area contributed by atoms with Gasteiger partial charge in [-0.3, -0.25) is 19.2 Å². The van der Waals surface area contributed by atoms with Crippen LogP contribution in [0.25, 0.3) is 6.08 Å². The van der Waals surface area contributed by atoms with Gasteiger partial charge in [-0.15, -0.1) is 23.1 Å². The van der Waals surface area contributed by atoms with Crippen LogP contribution in [-0.2, 0) is 14.3 Å². The van der Waals surface area contributed by atoms with Gasteiger partial charge in [0.05, 0.1) is 37.0 Å². The van der Waals surface area contributed by atoms with E-state index in [9.17, 15) is 24.0 Å². The number of ether oxygens (including phenoxy) is 3. The molecule has 282 valence electrons. The number of para-hydroxylation sites is 1. The summed E-state index contributed by atoms with van der Waals surface area (Å²) in [6, 6.07) is 29.3. The summed E-state index contributed by atoms with van der Waals surface area (Å²) in [4.78, 5) is 67.2. The lowest BCUT2D eigenvalue weighted by molar-refractivity contribution is -0.115. The Morgan fingerprint density at radius 3 is 2.11 bits per heavy atom. The number of thioether (sulfide) groups is 1. The molecule has 0 fully saturated rings. The average molecular weight is 779 g/mol. The summed E-state index contributed by atoms with van der Waals surface area (Å²) in [6.07, 6.45) is 1.51. The van der Waals surface area contributed by atoms with Crippen molar-refractivity contribution in [3.8, 4) is 11.5 Å². The van der Waals surface area contributed by atoms with Crippen molar-refractivity contribution in [3.05, 3.63) is 136 Å². The van der Waals surface area contributed by atoms with E-state index in [0.717, 1.165) is 11.3 Å². The van der Waals surface area contributed by atoms with E-state index in [1.807, 2.05) is 6.07 Å². The van der Waals surface area contributed by atoms with Crippen molar-refractivity contribution in [2.75, 3.05) is 37.3 Å². The van der Waals surface area contributed by atoms with E-state index < -0.39 is 34.8 Å². The topological polar surface area (TPSA) is 161 Å². The van der Waals surface area contributed by atoms with E-state index >= 15 is 0 Å². The monoisotopic (exact) mass is 778 g/mol. The highest BCUT2D eigenvalue weighted by Gasteiger charge is 2.28. The van der Waals surface area contributed by atoms with Crippen molar-refractivity contribution < 1.29 is 38.2 Å². The number of benzene rings is 4. The van der Waals surface area contributed by atoms with Crippen LogP contribution in [0.5, 0.6) is 11.5 Å². The van der Waals surface area contributed by atoms with E-state index in [2.05, 4.69) is 21.3 Å². The Balaban J connectivity index is 1.32. The van der Waals surface area contributed by atoms with Crippen molar-refractivity contribution in [2.24, 2.45) is 0 Å². The fraction of sp³-hybridized carbons (Fsp3) is 0.146. The summed E-state index contributed by atoms with van der Waals surface area (Å²) in [5, 5.41) is 10.7. The van der Waals surface area contributed by atoms with Crippen LogP contribution in [0.2, 0.25) is 0 Å². The molecule has 1 heterocycles. The fourth-order valence-electron chi connectivity index (χ4n) is 5.23. The van der Waals surface area contributed by atoms with Crippen LogP contribution in [0.3, 0.4) is 0 Å². The van der Waals surface area contributed by atoms with Gasteiger partial charge >= 0.3 is 5.97 Å². The number of hydrogen-bond donors (Lipinski definition) is 4. The van der Waals surface area contributed by atoms with Gasteiger partial charge < -0.3 is 35.5 Å². The van der Waals surface area contributed by atoms with E-state index in [0.29, 0.717) is 44.5 Å². The Hall–Kier alpha value is -6.38. The predicted octanol–water partition coefficient (Wildman–Crippen LogP) is 7.64. The third kappa shape index (κ3) is 10.2. The minimum absolute atomic E-state index is 0.0485. The molecule has 0 saturated heterocycles. The number of nitrogens with one attached hydrogen (secondary N) is 4. The summed E-state index contributed by atoms with van der Waals surface area (Å²) in [7, 11) is 4.24. The highest BCUT2D eigenvalue weighted by molar-refractivity contribution is 8.00. The smallest absolute Gasteiger partial charge is 0.341 e. The third-order valence-corrected chi connectivity index (χ3v) is 10.4. The Kier molecular flexibility index (Phi) is 13.5. The van der Waals surface area contributed by atoms with Crippen LogP contribution in [-0.4, -0.2) is 56.2 Å². The largest absolute Gasteiger partial charge is 0.497 e. The number of thiophene rings is 1. The molecule has 14 heteroatoms. The number of carbonyl (C=O) groups excluding carboxylic acids is 5. The minimum atomic E-state index is -0.689. The lowest BCUT2D eigenvalue weighted by Crippen LogP contribution is -2.30. The van der Waals surface area contributed by atoms with Crippen LogP contribution >= 0.6 is 23.1 Å². The van der Waals surface area contributed by atoms with Gasteiger partial charge in [0.1, 0.15) is 22.2 Å². The predicted molar refractivity (Wildman–Crippen MR) is 215 cm³/mol. The van der Waals surface area contributed by atoms with Crippen LogP contribution in [0.1, 0.15) is 48.4 Å². The highest BCUT2D eigenvalue weighted by atomic mass is 32.2. The van der Waals surface area contributed by atoms with Crippen molar-refractivity contribution in [2.45, 2.75) is 24.0 Å². The summed E-state index contributed by atoms with van der Waals surface area (Å²) in [5.74, 6) is -1.66. The van der Waals surface area contributed by atoms with Gasteiger partial charge in [-0.25, -0.2) is 4.79 Å². The maximum Gasteiger partial charge on any atom is 0.341 e. The van der Waals surface area contributed by atoms with Gasteiger partial charge in [0.2, 0.25) is 5.91 Å². The molecule has 1 atom stereocenters. The summed E-state index contributed by atoms with van der Waals surface area (Å²) in [5.41, 5.74) is 2.28. The number of esters is 1. The molecule has 1 aromatic heterocycles. The number of carbonyl (C=O) groups is 5. The second-order valence-corrected chi connectivity index (χ2v) is 14.2. The molecule has 0 bridgehead atoms. The maximum absolute atomic E-state index is 13.7. The number of hydrogen-bond acceptors (Lipinski definition) is 10. The SMILES string of the molecule is COC(=O)c1c(NC(=O)C(C)Sc2cccc(NC(=O)/C(=C\c3ccc(OC)cc3OC)NC(=O)c3ccccc3)c2)sc(C(=O)Nc2ccccc2)c1C. The zero-order valence-corrected chi connectivity index (χ0v) is 32.2. The Labute approximate surface area is 326 Å². The lowest BCUT2D eigenvalue weighted by atomic mass is 10.1. The van der Waals surface area contributed by atoms with Crippen molar-refractivity contribution in [3.63, 3.8) is 0 Å². The highest BCUT2D eigenvalue weighted by Crippen LogP contribution is 2.36. The molecular formula is C41H38N4O8S2. The van der Waals surface area contributed by atoms with Crippen molar-refractivity contribution >= 4 is 75.1 Å². The second kappa shape index (κ2) is 18.6. The first-order valence-corrected chi connectivity index (χ1v) is 18.5. The van der Waals surface area contributed by atoms with Crippen LogP contribution < -0.4 is 30.7 Å². The zero-order valence-electron chi connectivity index (χ0n) is 30.6. The molecule has 0 saturated carbocycles. The molecule has 1 unspecified atom stereocenters. The number of methoxy groups -OCH3 is 3. The first-order valence-electron chi connectivity index (χ1n) is 16.8. The van der Waals surface area contributed by atoms with E-state index in [1.165, 1.54) is 39.2 Å². The Morgan fingerprint density at radius 1 is 0.745 bits per heavy atom. The summed E-state index contributed by atoms with van der Waals surface area (Å²) >= 11 is 2.19. The number of amides is 4. The number of anilines is 3. The average Bonchev–Trinajstić information content (AvgIpc) is 3.53. The fourth-order valence-corrected chi connectivity index (χ4v) is 7.25.